The van der Waals surface area contributed by atoms with E-state index in [1.807, 2.05) is 6.07 Å². The molecule has 1 amide bonds. The van der Waals surface area contributed by atoms with Gasteiger partial charge in [-0.25, -0.2) is 0 Å². The standard InChI is InChI=1S/C12H12N2O/c1-8-2-3-10-9(6-8)7-11-12(15)13-4-5-14(10)11/h2-3,6-7H,4-5H2,1H3,(H,13,15). The first-order chi connectivity index (χ1) is 7.25. The zero-order valence-electron chi connectivity index (χ0n) is 8.58. The SMILES string of the molecule is Cc1ccc2c(c1)cc1n2CCNC1=O. The third-order valence-corrected chi connectivity index (χ3v) is 2.91. The number of benzene rings is 1. The number of carbonyl (C=O) groups is 1. The molecule has 3 nitrogen and oxygen atoms in total. The second kappa shape index (κ2) is 2.86. The lowest BCUT2D eigenvalue weighted by Gasteiger charge is -2.16. The van der Waals surface area contributed by atoms with E-state index in [0.29, 0.717) is 0 Å². The maximum atomic E-state index is 11.6. The van der Waals surface area contributed by atoms with Gasteiger partial charge in [0.2, 0.25) is 0 Å². The Labute approximate surface area is 87.7 Å². The smallest absolute Gasteiger partial charge is 0.268 e. The van der Waals surface area contributed by atoms with Crippen molar-refractivity contribution in [1.29, 1.82) is 0 Å². The molecule has 1 N–H and O–H groups in total. The molecule has 0 aliphatic carbocycles. The molecule has 0 radical (unpaired) electrons. The molecule has 0 spiro atoms. The fourth-order valence-corrected chi connectivity index (χ4v) is 2.19. The first kappa shape index (κ1) is 8.53. The van der Waals surface area contributed by atoms with Gasteiger partial charge in [-0.1, -0.05) is 11.6 Å². The molecule has 0 bridgehead atoms. The van der Waals surface area contributed by atoms with Crippen LogP contribution in [0.4, 0.5) is 0 Å². The normalized spacial score (nSPS) is 15.1. The van der Waals surface area contributed by atoms with Gasteiger partial charge in [-0.05, 0) is 25.1 Å². The molecule has 3 rings (SSSR count). The number of aryl methyl sites for hydroxylation is 1. The monoisotopic (exact) mass is 200 g/mol. The molecule has 2 aromatic rings. The Hall–Kier alpha value is -1.77. The van der Waals surface area contributed by atoms with Crippen molar-refractivity contribution in [2.45, 2.75) is 13.5 Å². The van der Waals surface area contributed by atoms with Crippen LogP contribution in [0.15, 0.2) is 24.3 Å². The van der Waals surface area contributed by atoms with Crippen molar-refractivity contribution in [2.24, 2.45) is 0 Å². The maximum Gasteiger partial charge on any atom is 0.268 e. The van der Waals surface area contributed by atoms with Crippen molar-refractivity contribution in [3.8, 4) is 0 Å². The van der Waals surface area contributed by atoms with Crippen LogP contribution >= 0.6 is 0 Å². The van der Waals surface area contributed by atoms with Gasteiger partial charge in [0.25, 0.3) is 5.91 Å². The molecular formula is C12H12N2O. The van der Waals surface area contributed by atoms with E-state index in [-0.39, 0.29) is 5.91 Å². The highest BCUT2D eigenvalue weighted by Crippen LogP contribution is 2.22. The van der Waals surface area contributed by atoms with E-state index in [1.54, 1.807) is 0 Å². The minimum atomic E-state index is 0.0371. The molecule has 0 saturated carbocycles. The largest absolute Gasteiger partial charge is 0.349 e. The highest BCUT2D eigenvalue weighted by molar-refractivity contribution is 5.99. The fourth-order valence-electron chi connectivity index (χ4n) is 2.19. The Bertz CT molecular complexity index is 554. The van der Waals surface area contributed by atoms with Crippen LogP contribution in [0, 0.1) is 6.92 Å². The number of amides is 1. The van der Waals surface area contributed by atoms with Crippen LogP contribution < -0.4 is 5.32 Å². The lowest BCUT2D eigenvalue weighted by atomic mass is 10.2. The van der Waals surface area contributed by atoms with Crippen LogP contribution in [0.5, 0.6) is 0 Å². The number of fused-ring (bicyclic) bond motifs is 3. The lowest BCUT2D eigenvalue weighted by Crippen LogP contribution is -2.34. The summed E-state index contributed by atoms with van der Waals surface area (Å²) in [5.41, 5.74) is 3.16. The van der Waals surface area contributed by atoms with Crippen LogP contribution in [-0.2, 0) is 6.54 Å². The first-order valence-electron chi connectivity index (χ1n) is 5.14. The predicted octanol–water partition coefficient (Wildman–Crippen LogP) is 1.69. The van der Waals surface area contributed by atoms with Crippen molar-refractivity contribution >= 4 is 16.8 Å². The van der Waals surface area contributed by atoms with E-state index in [9.17, 15) is 4.79 Å². The zero-order chi connectivity index (χ0) is 10.4. The van der Waals surface area contributed by atoms with E-state index in [1.165, 1.54) is 5.56 Å². The van der Waals surface area contributed by atoms with Crippen molar-refractivity contribution in [2.75, 3.05) is 6.54 Å². The molecule has 3 heteroatoms. The minimum absolute atomic E-state index is 0.0371. The molecule has 1 aliphatic rings. The number of rotatable bonds is 0. The summed E-state index contributed by atoms with van der Waals surface area (Å²) in [5, 5.41) is 4.01. The van der Waals surface area contributed by atoms with Gasteiger partial charge in [-0.2, -0.15) is 0 Å². The summed E-state index contributed by atoms with van der Waals surface area (Å²) in [7, 11) is 0. The Morgan fingerprint density at radius 1 is 1.33 bits per heavy atom. The molecule has 1 aromatic heterocycles. The van der Waals surface area contributed by atoms with E-state index in [2.05, 4.69) is 35.0 Å². The van der Waals surface area contributed by atoms with Gasteiger partial charge in [0.05, 0.1) is 0 Å². The highest BCUT2D eigenvalue weighted by atomic mass is 16.2. The summed E-state index contributed by atoms with van der Waals surface area (Å²) in [4.78, 5) is 11.6. The quantitative estimate of drug-likeness (QED) is 0.690. The highest BCUT2D eigenvalue weighted by Gasteiger charge is 2.18. The van der Waals surface area contributed by atoms with E-state index in [0.717, 1.165) is 29.7 Å². The Morgan fingerprint density at radius 2 is 2.20 bits per heavy atom. The van der Waals surface area contributed by atoms with Gasteiger partial charge in [0.1, 0.15) is 5.69 Å². The Kier molecular flexibility index (Phi) is 1.63. The van der Waals surface area contributed by atoms with Crippen molar-refractivity contribution in [3.63, 3.8) is 0 Å². The second-order valence-electron chi connectivity index (χ2n) is 4.00. The van der Waals surface area contributed by atoms with Crippen molar-refractivity contribution in [3.05, 3.63) is 35.5 Å². The lowest BCUT2D eigenvalue weighted by molar-refractivity contribution is 0.0929. The molecule has 76 valence electrons. The first-order valence-corrected chi connectivity index (χ1v) is 5.14. The maximum absolute atomic E-state index is 11.6. The zero-order valence-corrected chi connectivity index (χ0v) is 8.58. The van der Waals surface area contributed by atoms with Crippen LogP contribution in [0.1, 0.15) is 16.1 Å². The minimum Gasteiger partial charge on any atom is -0.349 e. The number of nitrogens with one attached hydrogen (secondary N) is 1. The van der Waals surface area contributed by atoms with Gasteiger partial charge < -0.3 is 9.88 Å². The number of hydrogen-bond acceptors (Lipinski definition) is 1. The van der Waals surface area contributed by atoms with Gasteiger partial charge in [0, 0.05) is 24.0 Å². The molecule has 1 aliphatic heterocycles. The topological polar surface area (TPSA) is 34.0 Å². The molecular weight excluding hydrogens is 188 g/mol. The second-order valence-corrected chi connectivity index (χ2v) is 4.00. The van der Waals surface area contributed by atoms with Crippen LogP contribution in [0.3, 0.4) is 0 Å². The summed E-state index contributed by atoms with van der Waals surface area (Å²) in [5.74, 6) is 0.0371. The van der Waals surface area contributed by atoms with Gasteiger partial charge in [-0.3, -0.25) is 4.79 Å². The van der Waals surface area contributed by atoms with E-state index >= 15 is 0 Å². The average Bonchev–Trinajstić information content (AvgIpc) is 2.57. The fraction of sp³-hybridized carbons (Fsp3) is 0.250. The molecule has 0 unspecified atom stereocenters. The summed E-state index contributed by atoms with van der Waals surface area (Å²) in [6.45, 7) is 3.66. The molecule has 0 saturated heterocycles. The number of hydrogen-bond donors (Lipinski definition) is 1. The van der Waals surface area contributed by atoms with Gasteiger partial charge >= 0.3 is 0 Å². The third kappa shape index (κ3) is 1.16. The van der Waals surface area contributed by atoms with E-state index < -0.39 is 0 Å². The van der Waals surface area contributed by atoms with Crippen molar-refractivity contribution in [1.82, 2.24) is 9.88 Å². The Balaban J connectivity index is 2.35. The summed E-state index contributed by atoms with van der Waals surface area (Å²) in [6, 6.07) is 8.26. The third-order valence-electron chi connectivity index (χ3n) is 2.91. The van der Waals surface area contributed by atoms with Crippen molar-refractivity contribution < 1.29 is 4.79 Å². The molecule has 0 fully saturated rings. The van der Waals surface area contributed by atoms with Crippen LogP contribution in [0.25, 0.3) is 10.9 Å². The molecule has 0 atom stereocenters. The van der Waals surface area contributed by atoms with Crippen LogP contribution in [0.2, 0.25) is 0 Å². The molecule has 2 heterocycles. The summed E-state index contributed by atoms with van der Waals surface area (Å²) in [6.07, 6.45) is 0. The van der Waals surface area contributed by atoms with E-state index in [4.69, 9.17) is 0 Å². The number of aromatic nitrogens is 1. The average molecular weight is 200 g/mol. The molecule has 15 heavy (non-hydrogen) atoms. The predicted molar refractivity (Wildman–Crippen MR) is 59.0 cm³/mol. The van der Waals surface area contributed by atoms with Gasteiger partial charge in [-0.15, -0.1) is 0 Å². The number of nitrogens with zero attached hydrogens (tertiary/aromatic N) is 1. The number of carbonyl (C=O) groups excluding carboxylic acids is 1. The van der Waals surface area contributed by atoms with Gasteiger partial charge in [0.15, 0.2) is 0 Å². The molecule has 1 aromatic carbocycles. The summed E-state index contributed by atoms with van der Waals surface area (Å²) < 4.78 is 2.09. The van der Waals surface area contributed by atoms with Crippen LogP contribution in [-0.4, -0.2) is 17.0 Å². The summed E-state index contributed by atoms with van der Waals surface area (Å²) >= 11 is 0. The Morgan fingerprint density at radius 3 is 3.07 bits per heavy atom.